The van der Waals surface area contributed by atoms with E-state index in [1.54, 1.807) is 13.3 Å². The van der Waals surface area contributed by atoms with Crippen LogP contribution >= 0.6 is 12.2 Å². The average molecular weight is 279 g/mol. The van der Waals surface area contributed by atoms with Gasteiger partial charge < -0.3 is 10.1 Å². The summed E-state index contributed by atoms with van der Waals surface area (Å²) in [5, 5.41) is 7.64. The van der Waals surface area contributed by atoms with E-state index in [1.165, 1.54) is 16.7 Å². The van der Waals surface area contributed by atoms with Gasteiger partial charge in [0.15, 0.2) is 5.11 Å². The van der Waals surface area contributed by atoms with E-state index in [0.717, 1.165) is 5.56 Å². The maximum Gasteiger partial charge on any atom is 0.187 e. The number of ether oxygens (including phenoxy) is 1. The smallest absolute Gasteiger partial charge is 0.187 e. The Bertz CT molecular complexity index is 449. The molecule has 0 fully saturated rings. The molecule has 0 aliphatic carbocycles. The highest BCUT2D eigenvalue weighted by Crippen LogP contribution is 2.13. The monoisotopic (exact) mass is 279 g/mol. The van der Waals surface area contributed by atoms with Gasteiger partial charge in [-0.1, -0.05) is 17.7 Å². The van der Waals surface area contributed by atoms with Crippen molar-refractivity contribution in [3.63, 3.8) is 0 Å². The van der Waals surface area contributed by atoms with E-state index in [9.17, 15) is 0 Å². The average Bonchev–Trinajstić information content (AvgIpc) is 2.32. The minimum atomic E-state index is 0.496. The van der Waals surface area contributed by atoms with E-state index in [-0.39, 0.29) is 0 Å². The Labute approximate surface area is 120 Å². The number of hydrogen-bond donors (Lipinski definition) is 2. The SMILES string of the molecule is COCCNC(=S)N/N=C\c1c(C)cc(C)cc1C. The van der Waals surface area contributed by atoms with E-state index in [1.807, 2.05) is 0 Å². The molecule has 1 aromatic rings. The molecular weight excluding hydrogens is 258 g/mol. The molecule has 0 aliphatic heterocycles. The van der Waals surface area contributed by atoms with Gasteiger partial charge in [0.2, 0.25) is 0 Å². The summed E-state index contributed by atoms with van der Waals surface area (Å²) in [4.78, 5) is 0. The van der Waals surface area contributed by atoms with Gasteiger partial charge in [0.1, 0.15) is 0 Å². The molecule has 0 bridgehead atoms. The predicted molar refractivity (Wildman–Crippen MR) is 83.9 cm³/mol. The highest BCUT2D eigenvalue weighted by Gasteiger charge is 2.01. The molecule has 0 saturated heterocycles. The van der Waals surface area contributed by atoms with Gasteiger partial charge in [0.05, 0.1) is 12.8 Å². The summed E-state index contributed by atoms with van der Waals surface area (Å²) in [5.41, 5.74) is 7.60. The Morgan fingerprint density at radius 1 is 1.32 bits per heavy atom. The zero-order valence-corrected chi connectivity index (χ0v) is 12.7. The third kappa shape index (κ3) is 5.36. The van der Waals surface area contributed by atoms with Crippen molar-refractivity contribution in [1.29, 1.82) is 0 Å². The van der Waals surface area contributed by atoms with Gasteiger partial charge >= 0.3 is 0 Å². The molecule has 104 valence electrons. The summed E-state index contributed by atoms with van der Waals surface area (Å²) < 4.78 is 4.92. The molecule has 4 nitrogen and oxygen atoms in total. The molecule has 19 heavy (non-hydrogen) atoms. The summed E-state index contributed by atoms with van der Waals surface area (Å²) >= 11 is 5.08. The van der Waals surface area contributed by atoms with Crippen molar-refractivity contribution in [2.24, 2.45) is 5.10 Å². The van der Waals surface area contributed by atoms with Crippen LogP contribution in [0, 0.1) is 20.8 Å². The van der Waals surface area contributed by atoms with Crippen LogP contribution in [0.2, 0.25) is 0 Å². The van der Waals surface area contributed by atoms with E-state index < -0.39 is 0 Å². The summed E-state index contributed by atoms with van der Waals surface area (Å²) in [6.45, 7) is 7.53. The number of methoxy groups -OCH3 is 1. The van der Waals surface area contributed by atoms with Crippen LogP contribution in [-0.4, -0.2) is 31.6 Å². The molecule has 0 aromatic heterocycles. The molecule has 0 unspecified atom stereocenters. The zero-order chi connectivity index (χ0) is 14.3. The van der Waals surface area contributed by atoms with E-state index in [0.29, 0.717) is 18.3 Å². The van der Waals surface area contributed by atoms with E-state index in [2.05, 4.69) is 48.7 Å². The van der Waals surface area contributed by atoms with E-state index in [4.69, 9.17) is 17.0 Å². The Kier molecular flexibility index (Phi) is 6.45. The molecule has 0 atom stereocenters. The summed E-state index contributed by atoms with van der Waals surface area (Å²) in [6, 6.07) is 4.28. The van der Waals surface area contributed by atoms with Crippen molar-refractivity contribution >= 4 is 23.5 Å². The summed E-state index contributed by atoms with van der Waals surface area (Å²) in [6.07, 6.45) is 1.80. The fraction of sp³-hybridized carbons (Fsp3) is 0.429. The van der Waals surface area contributed by atoms with Crippen LogP contribution in [-0.2, 0) is 4.74 Å². The van der Waals surface area contributed by atoms with Crippen LogP contribution in [0.5, 0.6) is 0 Å². The minimum absolute atomic E-state index is 0.496. The third-order valence-electron chi connectivity index (χ3n) is 2.69. The molecule has 0 amide bonds. The largest absolute Gasteiger partial charge is 0.383 e. The van der Waals surface area contributed by atoms with Crippen LogP contribution in [0.3, 0.4) is 0 Å². The van der Waals surface area contributed by atoms with Gasteiger partial charge in [0, 0.05) is 19.2 Å². The van der Waals surface area contributed by atoms with Crippen molar-refractivity contribution in [3.8, 4) is 0 Å². The number of aryl methyl sites for hydroxylation is 3. The third-order valence-corrected chi connectivity index (χ3v) is 2.93. The van der Waals surface area contributed by atoms with Gasteiger partial charge in [-0.25, -0.2) is 0 Å². The molecule has 0 spiro atoms. The second kappa shape index (κ2) is 7.86. The molecular formula is C14H21N3OS. The number of hydrogen-bond acceptors (Lipinski definition) is 3. The van der Waals surface area contributed by atoms with E-state index >= 15 is 0 Å². The number of thiocarbonyl (C=S) groups is 1. The van der Waals surface area contributed by atoms with Crippen molar-refractivity contribution < 1.29 is 4.74 Å². The second-order valence-corrected chi connectivity index (χ2v) is 4.84. The maximum atomic E-state index is 5.08. The molecule has 5 heteroatoms. The molecule has 0 saturated carbocycles. The second-order valence-electron chi connectivity index (χ2n) is 4.43. The Morgan fingerprint density at radius 3 is 2.53 bits per heavy atom. The van der Waals surface area contributed by atoms with Crippen LogP contribution < -0.4 is 10.7 Å². The number of hydrazone groups is 1. The Morgan fingerprint density at radius 2 is 1.95 bits per heavy atom. The van der Waals surface area contributed by atoms with Crippen molar-refractivity contribution in [3.05, 3.63) is 34.4 Å². The van der Waals surface area contributed by atoms with Gasteiger partial charge in [-0.3, -0.25) is 5.43 Å². The molecule has 0 radical (unpaired) electrons. The van der Waals surface area contributed by atoms with Crippen molar-refractivity contribution in [2.45, 2.75) is 20.8 Å². The van der Waals surface area contributed by atoms with Gasteiger partial charge in [0.25, 0.3) is 0 Å². The lowest BCUT2D eigenvalue weighted by atomic mass is 10.0. The van der Waals surface area contributed by atoms with Crippen molar-refractivity contribution in [1.82, 2.24) is 10.7 Å². The lowest BCUT2D eigenvalue weighted by Crippen LogP contribution is -2.34. The first-order chi connectivity index (χ1) is 9.04. The lowest BCUT2D eigenvalue weighted by Gasteiger charge is -2.08. The standard InChI is InChI=1S/C14H21N3OS/c1-10-7-11(2)13(12(3)8-10)9-16-17-14(19)15-5-6-18-4/h7-9H,5-6H2,1-4H3,(H2,15,17,19)/b16-9-. The van der Waals surface area contributed by atoms with Crippen LogP contribution in [0.25, 0.3) is 0 Å². The molecule has 2 N–H and O–H groups in total. The van der Waals surface area contributed by atoms with Crippen LogP contribution in [0.1, 0.15) is 22.3 Å². The van der Waals surface area contributed by atoms with Crippen LogP contribution in [0.4, 0.5) is 0 Å². The number of nitrogens with zero attached hydrogens (tertiary/aromatic N) is 1. The van der Waals surface area contributed by atoms with Gasteiger partial charge in [-0.05, 0) is 44.1 Å². The molecule has 0 aliphatic rings. The number of rotatable bonds is 5. The molecule has 0 heterocycles. The quantitative estimate of drug-likeness (QED) is 0.375. The molecule has 1 rings (SSSR count). The lowest BCUT2D eigenvalue weighted by molar-refractivity contribution is 0.204. The molecule has 1 aromatic carbocycles. The Hall–Kier alpha value is -1.46. The van der Waals surface area contributed by atoms with Gasteiger partial charge in [-0.15, -0.1) is 0 Å². The highest BCUT2D eigenvalue weighted by molar-refractivity contribution is 7.80. The number of benzene rings is 1. The normalized spacial score (nSPS) is 10.7. The summed E-state index contributed by atoms with van der Waals surface area (Å²) in [7, 11) is 1.65. The fourth-order valence-electron chi connectivity index (χ4n) is 1.86. The maximum absolute atomic E-state index is 5.08. The van der Waals surface area contributed by atoms with Crippen LogP contribution in [0.15, 0.2) is 17.2 Å². The fourth-order valence-corrected chi connectivity index (χ4v) is 2.01. The highest BCUT2D eigenvalue weighted by atomic mass is 32.1. The van der Waals surface area contributed by atoms with Crippen molar-refractivity contribution in [2.75, 3.05) is 20.3 Å². The first-order valence-corrected chi connectivity index (χ1v) is 6.59. The first kappa shape index (κ1) is 15.6. The number of nitrogens with one attached hydrogen (secondary N) is 2. The first-order valence-electron chi connectivity index (χ1n) is 6.18. The topological polar surface area (TPSA) is 45.6 Å². The predicted octanol–water partition coefficient (Wildman–Crippen LogP) is 2.06. The zero-order valence-electron chi connectivity index (χ0n) is 11.9. The van der Waals surface area contributed by atoms with Gasteiger partial charge in [-0.2, -0.15) is 5.10 Å². The Balaban J connectivity index is 2.55. The summed E-state index contributed by atoms with van der Waals surface area (Å²) in [5.74, 6) is 0. The minimum Gasteiger partial charge on any atom is -0.383 e.